The predicted octanol–water partition coefficient (Wildman–Crippen LogP) is 0.600. The zero-order valence-electron chi connectivity index (χ0n) is 18.8. The highest BCUT2D eigenvalue weighted by Crippen LogP contribution is 2.31. The van der Waals surface area contributed by atoms with E-state index in [4.69, 9.17) is 0 Å². The number of benzene rings is 1. The van der Waals surface area contributed by atoms with Gasteiger partial charge in [0.05, 0.1) is 11.1 Å². The molecule has 1 aromatic carbocycles. The molecule has 0 bridgehead atoms. The van der Waals surface area contributed by atoms with Gasteiger partial charge < -0.3 is 10.2 Å². The van der Waals surface area contributed by atoms with Crippen molar-refractivity contribution in [1.82, 2.24) is 20.4 Å². The zero-order valence-corrected chi connectivity index (χ0v) is 18.8. The van der Waals surface area contributed by atoms with Gasteiger partial charge >= 0.3 is 0 Å². The Kier molecular flexibility index (Phi) is 6.16. The maximum Gasteiger partial charge on any atom is 0.262 e. The summed E-state index contributed by atoms with van der Waals surface area (Å²) >= 11 is 0. The fraction of sp³-hybridized carbons (Fsp3) is 0.583. The van der Waals surface area contributed by atoms with Crippen LogP contribution in [0.3, 0.4) is 0 Å². The Morgan fingerprint density at radius 3 is 2.33 bits per heavy atom. The highest BCUT2D eigenvalue weighted by Gasteiger charge is 2.44. The van der Waals surface area contributed by atoms with Crippen LogP contribution in [-0.2, 0) is 9.59 Å². The molecule has 1 aromatic rings. The molecular weight excluding hydrogens is 422 g/mol. The van der Waals surface area contributed by atoms with Crippen molar-refractivity contribution in [3.8, 4) is 0 Å². The summed E-state index contributed by atoms with van der Waals surface area (Å²) < 4.78 is 0. The van der Waals surface area contributed by atoms with Gasteiger partial charge in [0.2, 0.25) is 11.8 Å². The minimum atomic E-state index is -0.929. The summed E-state index contributed by atoms with van der Waals surface area (Å²) in [7, 11) is 0. The summed E-state index contributed by atoms with van der Waals surface area (Å²) in [5, 5.41) is 5.66. The van der Waals surface area contributed by atoms with Crippen LogP contribution >= 0.6 is 0 Å². The van der Waals surface area contributed by atoms with Crippen molar-refractivity contribution in [2.24, 2.45) is 5.92 Å². The van der Waals surface area contributed by atoms with Gasteiger partial charge in [0, 0.05) is 38.3 Å². The number of amides is 4. The molecule has 1 unspecified atom stereocenters. The molecule has 3 fully saturated rings. The highest BCUT2D eigenvalue weighted by molar-refractivity contribution is 6.23. The lowest BCUT2D eigenvalue weighted by atomic mass is 9.94. The lowest BCUT2D eigenvalue weighted by Gasteiger charge is -2.37. The largest absolute Gasteiger partial charge is 0.369 e. The summed E-state index contributed by atoms with van der Waals surface area (Å²) in [6, 6.07) is 4.44. The Labute approximate surface area is 193 Å². The van der Waals surface area contributed by atoms with Gasteiger partial charge in [-0.3, -0.25) is 34.3 Å². The molecule has 0 saturated carbocycles. The molecule has 0 aromatic heterocycles. The molecule has 3 saturated heterocycles. The van der Waals surface area contributed by atoms with Crippen LogP contribution in [0, 0.1) is 5.92 Å². The Balaban J connectivity index is 1.21. The van der Waals surface area contributed by atoms with E-state index in [1.54, 1.807) is 12.1 Å². The van der Waals surface area contributed by atoms with Crippen LogP contribution < -0.4 is 15.5 Å². The van der Waals surface area contributed by atoms with E-state index in [-0.39, 0.29) is 18.7 Å². The Morgan fingerprint density at radius 1 is 0.879 bits per heavy atom. The van der Waals surface area contributed by atoms with Crippen LogP contribution in [0.5, 0.6) is 0 Å². The molecule has 4 heterocycles. The fourth-order valence-electron chi connectivity index (χ4n) is 5.42. The predicted molar refractivity (Wildman–Crippen MR) is 122 cm³/mol. The van der Waals surface area contributed by atoms with Crippen molar-refractivity contribution < 1.29 is 19.2 Å². The molecule has 0 aliphatic carbocycles. The number of nitrogens with one attached hydrogen (secondary N) is 2. The number of piperazine rings is 1. The van der Waals surface area contributed by atoms with Crippen LogP contribution in [0.2, 0.25) is 0 Å². The third-order valence-electron chi connectivity index (χ3n) is 7.47. The first-order valence-electron chi connectivity index (χ1n) is 12.0. The third-order valence-corrected chi connectivity index (χ3v) is 7.47. The topological polar surface area (TPSA) is 102 Å². The molecule has 33 heavy (non-hydrogen) atoms. The van der Waals surface area contributed by atoms with E-state index in [1.807, 2.05) is 6.07 Å². The Morgan fingerprint density at radius 2 is 1.61 bits per heavy atom. The second-order valence-electron chi connectivity index (χ2n) is 9.49. The van der Waals surface area contributed by atoms with Crippen molar-refractivity contribution in [3.05, 3.63) is 29.3 Å². The lowest BCUT2D eigenvalue weighted by molar-refractivity contribution is -0.136. The van der Waals surface area contributed by atoms with Crippen LogP contribution in [0.25, 0.3) is 0 Å². The maximum absolute atomic E-state index is 13.1. The number of fused-ring (bicyclic) bond motifs is 1. The van der Waals surface area contributed by atoms with Crippen molar-refractivity contribution in [2.75, 3.05) is 50.7 Å². The molecule has 0 spiro atoms. The monoisotopic (exact) mass is 453 g/mol. The number of nitrogens with zero attached hydrogens (tertiary/aromatic N) is 3. The number of piperidine rings is 2. The number of anilines is 1. The number of carbonyl (C=O) groups excluding carboxylic acids is 4. The van der Waals surface area contributed by atoms with E-state index in [0.29, 0.717) is 11.1 Å². The summed E-state index contributed by atoms with van der Waals surface area (Å²) in [4.78, 5) is 55.4. The van der Waals surface area contributed by atoms with Crippen molar-refractivity contribution in [1.29, 1.82) is 0 Å². The van der Waals surface area contributed by atoms with E-state index >= 15 is 0 Å². The highest BCUT2D eigenvalue weighted by atomic mass is 16.2. The summed E-state index contributed by atoms with van der Waals surface area (Å²) in [5.41, 5.74) is 1.60. The SMILES string of the molecule is O=C1CCC(N2C(=O)c3ccc(N4CCN(CCC5CCNCC5)CC4)cc3C2=O)C(=O)N1. The van der Waals surface area contributed by atoms with E-state index in [0.717, 1.165) is 62.3 Å². The average molecular weight is 454 g/mol. The van der Waals surface area contributed by atoms with Gasteiger partial charge in [0.25, 0.3) is 11.8 Å². The van der Waals surface area contributed by atoms with Crippen molar-refractivity contribution in [3.63, 3.8) is 0 Å². The number of carbonyl (C=O) groups is 4. The van der Waals surface area contributed by atoms with Gasteiger partial charge in [-0.05, 0) is 69.4 Å². The third kappa shape index (κ3) is 4.39. The molecule has 4 aliphatic heterocycles. The first-order chi connectivity index (χ1) is 16.0. The zero-order chi connectivity index (χ0) is 22.9. The summed E-state index contributed by atoms with van der Waals surface area (Å²) in [5.74, 6) is -1.03. The molecule has 5 rings (SSSR count). The van der Waals surface area contributed by atoms with Gasteiger partial charge in [-0.2, -0.15) is 0 Å². The quantitative estimate of drug-likeness (QED) is 0.630. The van der Waals surface area contributed by atoms with Gasteiger partial charge in [-0.15, -0.1) is 0 Å². The number of rotatable bonds is 5. The summed E-state index contributed by atoms with van der Waals surface area (Å²) in [6.45, 7) is 7.14. The number of imide groups is 2. The second-order valence-corrected chi connectivity index (χ2v) is 9.49. The van der Waals surface area contributed by atoms with Gasteiger partial charge in [0.1, 0.15) is 6.04 Å². The van der Waals surface area contributed by atoms with E-state index in [1.165, 1.54) is 19.3 Å². The minimum absolute atomic E-state index is 0.122. The number of hydrogen-bond donors (Lipinski definition) is 2. The van der Waals surface area contributed by atoms with Gasteiger partial charge in [-0.25, -0.2) is 0 Å². The molecule has 2 N–H and O–H groups in total. The normalized spacial score (nSPS) is 24.9. The van der Waals surface area contributed by atoms with E-state index in [9.17, 15) is 19.2 Å². The van der Waals surface area contributed by atoms with E-state index < -0.39 is 23.8 Å². The lowest BCUT2D eigenvalue weighted by Crippen LogP contribution is -2.54. The Bertz CT molecular complexity index is 966. The molecular formula is C24H31N5O4. The molecule has 0 radical (unpaired) electrons. The first kappa shape index (κ1) is 22.0. The first-order valence-corrected chi connectivity index (χ1v) is 12.0. The van der Waals surface area contributed by atoms with Gasteiger partial charge in [-0.1, -0.05) is 0 Å². The molecule has 9 nitrogen and oxygen atoms in total. The smallest absolute Gasteiger partial charge is 0.262 e. The second kappa shape index (κ2) is 9.23. The van der Waals surface area contributed by atoms with Crippen molar-refractivity contribution in [2.45, 2.75) is 38.1 Å². The molecule has 9 heteroatoms. The van der Waals surface area contributed by atoms with E-state index in [2.05, 4.69) is 20.4 Å². The number of hydrogen-bond acceptors (Lipinski definition) is 7. The summed E-state index contributed by atoms with van der Waals surface area (Å²) in [6.07, 6.45) is 4.10. The minimum Gasteiger partial charge on any atom is -0.369 e. The van der Waals surface area contributed by atoms with Crippen LogP contribution in [0.4, 0.5) is 5.69 Å². The maximum atomic E-state index is 13.1. The van der Waals surface area contributed by atoms with Gasteiger partial charge in [0.15, 0.2) is 0 Å². The van der Waals surface area contributed by atoms with Crippen LogP contribution in [0.1, 0.15) is 52.8 Å². The molecule has 1 atom stereocenters. The molecule has 4 amide bonds. The van der Waals surface area contributed by atoms with Crippen LogP contribution in [-0.4, -0.2) is 85.3 Å². The van der Waals surface area contributed by atoms with Crippen LogP contribution in [0.15, 0.2) is 18.2 Å². The molecule has 176 valence electrons. The Hall–Kier alpha value is -2.78. The average Bonchev–Trinajstić information content (AvgIpc) is 3.08. The standard InChI is InChI=1S/C24H31N5O4/c30-21-4-3-20(22(31)26-21)29-23(32)18-2-1-17(15-19(18)24(29)33)28-13-11-27(12-14-28)10-7-16-5-8-25-9-6-16/h1-2,15-16,20,25H,3-14H2,(H,26,30,31). The van der Waals surface area contributed by atoms with Crippen molar-refractivity contribution >= 4 is 29.3 Å². The fourth-order valence-corrected chi connectivity index (χ4v) is 5.42. The molecule has 4 aliphatic rings.